The van der Waals surface area contributed by atoms with Crippen molar-refractivity contribution in [3.05, 3.63) is 40.9 Å². The highest BCUT2D eigenvalue weighted by atomic mass is 32.2. The Balaban J connectivity index is 1.75. The molecule has 1 aliphatic rings. The third-order valence-electron chi connectivity index (χ3n) is 3.75. The molecule has 2 aromatic rings. The number of carbonyl (C=O) groups excluding carboxylic acids is 1. The van der Waals surface area contributed by atoms with Crippen molar-refractivity contribution in [3.8, 4) is 0 Å². The van der Waals surface area contributed by atoms with E-state index in [9.17, 15) is 9.59 Å². The van der Waals surface area contributed by atoms with Gasteiger partial charge in [-0.3, -0.25) is 14.2 Å². The Kier molecular flexibility index (Phi) is 3.96. The van der Waals surface area contributed by atoms with Gasteiger partial charge in [0.05, 0.1) is 22.6 Å². The van der Waals surface area contributed by atoms with E-state index in [-0.39, 0.29) is 16.8 Å². The van der Waals surface area contributed by atoms with Gasteiger partial charge in [0, 0.05) is 25.3 Å². The smallest absolute Gasteiger partial charge is 0.261 e. The van der Waals surface area contributed by atoms with Crippen molar-refractivity contribution in [1.29, 1.82) is 0 Å². The van der Waals surface area contributed by atoms with Crippen LogP contribution in [0.1, 0.15) is 13.3 Å². The van der Waals surface area contributed by atoms with Crippen LogP contribution in [0.2, 0.25) is 0 Å². The number of aryl methyl sites for hydroxylation is 1. The molecule has 2 heterocycles. The number of fused-ring (bicyclic) bond motifs is 1. The van der Waals surface area contributed by atoms with Gasteiger partial charge in [-0.25, -0.2) is 4.98 Å². The maximum Gasteiger partial charge on any atom is 0.261 e. The summed E-state index contributed by atoms with van der Waals surface area (Å²) in [6, 6.07) is 7.26. The lowest BCUT2D eigenvalue weighted by Gasteiger charge is -2.20. The maximum absolute atomic E-state index is 12.3. The molecule has 3 rings (SSSR count). The minimum absolute atomic E-state index is 0.0859. The highest BCUT2D eigenvalue weighted by Gasteiger charge is 2.25. The average Bonchev–Trinajstić information content (AvgIpc) is 2.93. The molecule has 0 radical (unpaired) electrons. The Morgan fingerprint density at radius 1 is 1.43 bits per heavy atom. The zero-order valence-electron chi connectivity index (χ0n) is 11.9. The van der Waals surface area contributed by atoms with Crippen LogP contribution in [0, 0.1) is 0 Å². The zero-order valence-corrected chi connectivity index (χ0v) is 12.7. The SMILES string of the molecule is CC1SCCN1C(=O)CCn1cnc2ccccc2c1=O. The number of amides is 1. The quantitative estimate of drug-likeness (QED) is 0.866. The summed E-state index contributed by atoms with van der Waals surface area (Å²) in [4.78, 5) is 30.6. The standard InChI is InChI=1S/C15H17N3O2S/c1-11-18(8-9-21-11)14(19)6-7-17-10-16-13-5-3-2-4-12(13)15(17)20/h2-5,10-11H,6-9H2,1H3. The lowest BCUT2D eigenvalue weighted by atomic mass is 10.2. The van der Waals surface area contributed by atoms with E-state index >= 15 is 0 Å². The first-order valence-corrected chi connectivity index (χ1v) is 8.07. The van der Waals surface area contributed by atoms with Crippen molar-refractivity contribution in [1.82, 2.24) is 14.5 Å². The summed E-state index contributed by atoms with van der Waals surface area (Å²) in [5.41, 5.74) is 0.604. The topological polar surface area (TPSA) is 55.2 Å². The van der Waals surface area contributed by atoms with E-state index in [0.717, 1.165) is 12.3 Å². The number of para-hydroxylation sites is 1. The first-order chi connectivity index (χ1) is 10.2. The molecule has 6 heteroatoms. The van der Waals surface area contributed by atoms with Crippen LogP contribution in [-0.2, 0) is 11.3 Å². The summed E-state index contributed by atoms with van der Waals surface area (Å²) in [6.07, 6.45) is 1.87. The zero-order chi connectivity index (χ0) is 14.8. The number of benzene rings is 1. The van der Waals surface area contributed by atoms with Crippen LogP contribution in [0.25, 0.3) is 10.9 Å². The van der Waals surface area contributed by atoms with Gasteiger partial charge in [-0.2, -0.15) is 0 Å². The number of carbonyl (C=O) groups is 1. The summed E-state index contributed by atoms with van der Waals surface area (Å²) in [7, 11) is 0. The fraction of sp³-hybridized carbons (Fsp3) is 0.400. The van der Waals surface area contributed by atoms with Crippen LogP contribution in [0.5, 0.6) is 0 Å². The molecule has 0 saturated carbocycles. The average molecular weight is 303 g/mol. The predicted molar refractivity (Wildman–Crippen MR) is 84.3 cm³/mol. The molecular weight excluding hydrogens is 286 g/mol. The van der Waals surface area contributed by atoms with Gasteiger partial charge in [0.2, 0.25) is 5.91 Å². The molecule has 110 valence electrons. The second-order valence-corrected chi connectivity index (χ2v) is 6.49. The van der Waals surface area contributed by atoms with Gasteiger partial charge in [-0.1, -0.05) is 12.1 Å². The number of hydrogen-bond acceptors (Lipinski definition) is 4. The van der Waals surface area contributed by atoms with Crippen LogP contribution in [0.15, 0.2) is 35.4 Å². The number of nitrogens with zero attached hydrogens (tertiary/aromatic N) is 3. The minimum atomic E-state index is -0.0859. The van der Waals surface area contributed by atoms with Crippen molar-refractivity contribution in [2.75, 3.05) is 12.3 Å². The number of aromatic nitrogens is 2. The summed E-state index contributed by atoms with van der Waals surface area (Å²) < 4.78 is 1.52. The lowest BCUT2D eigenvalue weighted by molar-refractivity contribution is -0.131. The molecule has 5 nitrogen and oxygen atoms in total. The molecule has 1 fully saturated rings. The second kappa shape index (κ2) is 5.89. The molecule has 21 heavy (non-hydrogen) atoms. The predicted octanol–water partition coefficient (Wildman–Crippen LogP) is 1.71. The number of rotatable bonds is 3. The highest BCUT2D eigenvalue weighted by molar-refractivity contribution is 8.00. The van der Waals surface area contributed by atoms with Crippen molar-refractivity contribution in [2.24, 2.45) is 0 Å². The van der Waals surface area contributed by atoms with Crippen molar-refractivity contribution in [3.63, 3.8) is 0 Å². The Morgan fingerprint density at radius 3 is 3.00 bits per heavy atom. The maximum atomic E-state index is 12.3. The number of hydrogen-bond donors (Lipinski definition) is 0. The molecule has 1 aromatic carbocycles. The monoisotopic (exact) mass is 303 g/mol. The molecule has 0 bridgehead atoms. The van der Waals surface area contributed by atoms with Gasteiger partial charge in [-0.15, -0.1) is 11.8 Å². The molecule has 0 aliphatic carbocycles. The van der Waals surface area contributed by atoms with Crippen molar-refractivity contribution in [2.45, 2.75) is 25.3 Å². The Morgan fingerprint density at radius 2 is 2.24 bits per heavy atom. The molecule has 1 amide bonds. The Hall–Kier alpha value is -1.82. The van der Waals surface area contributed by atoms with E-state index in [1.54, 1.807) is 17.8 Å². The van der Waals surface area contributed by atoms with Crippen LogP contribution in [0.4, 0.5) is 0 Å². The summed E-state index contributed by atoms with van der Waals surface area (Å²) in [5, 5.41) is 0.835. The Bertz CT molecular complexity index is 728. The third-order valence-corrected chi connectivity index (χ3v) is 4.90. The van der Waals surface area contributed by atoms with Crippen LogP contribution in [0.3, 0.4) is 0 Å². The Labute approximate surface area is 127 Å². The van der Waals surface area contributed by atoms with E-state index in [1.807, 2.05) is 30.0 Å². The van der Waals surface area contributed by atoms with Gasteiger partial charge in [0.1, 0.15) is 0 Å². The second-order valence-electron chi connectivity index (χ2n) is 5.07. The van der Waals surface area contributed by atoms with E-state index < -0.39 is 0 Å². The van der Waals surface area contributed by atoms with E-state index in [2.05, 4.69) is 4.98 Å². The first kappa shape index (κ1) is 14.1. The fourth-order valence-electron chi connectivity index (χ4n) is 2.55. The van der Waals surface area contributed by atoms with Gasteiger partial charge >= 0.3 is 0 Å². The van der Waals surface area contributed by atoms with Crippen LogP contribution < -0.4 is 5.56 Å². The fourth-order valence-corrected chi connectivity index (χ4v) is 3.59. The van der Waals surface area contributed by atoms with E-state index in [1.165, 1.54) is 10.9 Å². The molecule has 1 atom stereocenters. The molecule has 0 N–H and O–H groups in total. The minimum Gasteiger partial charge on any atom is -0.330 e. The number of thioether (sulfide) groups is 1. The normalized spacial score (nSPS) is 18.3. The van der Waals surface area contributed by atoms with Crippen LogP contribution >= 0.6 is 11.8 Å². The summed E-state index contributed by atoms with van der Waals surface area (Å²) in [5.74, 6) is 1.09. The van der Waals surface area contributed by atoms with Crippen molar-refractivity contribution >= 4 is 28.6 Å². The van der Waals surface area contributed by atoms with Crippen molar-refractivity contribution < 1.29 is 4.79 Å². The molecule has 1 saturated heterocycles. The first-order valence-electron chi connectivity index (χ1n) is 7.02. The summed E-state index contributed by atoms with van der Waals surface area (Å²) in [6.45, 7) is 3.22. The molecule has 0 spiro atoms. The molecule has 1 unspecified atom stereocenters. The van der Waals surface area contributed by atoms with Gasteiger partial charge in [-0.05, 0) is 19.1 Å². The van der Waals surface area contributed by atoms with Gasteiger partial charge in [0.25, 0.3) is 5.56 Å². The molecular formula is C15H17N3O2S. The third kappa shape index (κ3) is 2.81. The summed E-state index contributed by atoms with van der Waals surface area (Å²) >= 11 is 1.78. The van der Waals surface area contributed by atoms with E-state index in [4.69, 9.17) is 0 Å². The largest absolute Gasteiger partial charge is 0.330 e. The highest BCUT2D eigenvalue weighted by Crippen LogP contribution is 2.23. The van der Waals surface area contributed by atoms with Gasteiger partial charge < -0.3 is 4.90 Å². The molecule has 1 aromatic heterocycles. The lowest BCUT2D eigenvalue weighted by Crippen LogP contribution is -2.34. The van der Waals surface area contributed by atoms with Gasteiger partial charge in [0.15, 0.2) is 0 Å². The van der Waals surface area contributed by atoms with Crippen LogP contribution in [-0.4, -0.2) is 38.0 Å². The van der Waals surface area contributed by atoms with E-state index in [0.29, 0.717) is 23.9 Å². The molecule has 1 aliphatic heterocycles.